The summed E-state index contributed by atoms with van der Waals surface area (Å²) in [6.45, 7) is 2.29. The van der Waals surface area contributed by atoms with Crippen LogP contribution in [0.3, 0.4) is 0 Å². The second kappa shape index (κ2) is 9.65. The molecule has 4 rings (SSSR count). The highest BCUT2D eigenvalue weighted by atomic mass is 19.1. The first-order valence-corrected chi connectivity index (χ1v) is 10.5. The summed E-state index contributed by atoms with van der Waals surface area (Å²) in [4.78, 5) is 15.9. The van der Waals surface area contributed by atoms with Crippen molar-refractivity contribution in [2.24, 2.45) is 0 Å². The topological polar surface area (TPSA) is 69.8 Å². The molecule has 0 bridgehead atoms. The number of ether oxygens (including phenoxy) is 4. The minimum Gasteiger partial charge on any atom is -0.494 e. The summed E-state index contributed by atoms with van der Waals surface area (Å²) in [5.41, 5.74) is 2.88. The van der Waals surface area contributed by atoms with Crippen LogP contribution in [0.15, 0.2) is 60.7 Å². The van der Waals surface area contributed by atoms with Crippen molar-refractivity contribution in [3.8, 4) is 28.4 Å². The molecule has 0 fully saturated rings. The molecule has 0 aliphatic carbocycles. The molecule has 0 saturated heterocycles. The number of halogens is 1. The minimum absolute atomic E-state index is 0.116. The third kappa shape index (κ3) is 4.48. The smallest absolute Gasteiger partial charge is 0.355 e. The fourth-order valence-corrected chi connectivity index (χ4v) is 3.69. The van der Waals surface area contributed by atoms with Crippen LogP contribution in [0.2, 0.25) is 0 Å². The van der Waals surface area contributed by atoms with Crippen LogP contribution in [0.25, 0.3) is 22.0 Å². The third-order valence-corrected chi connectivity index (χ3v) is 5.24. The summed E-state index contributed by atoms with van der Waals surface area (Å²) in [6, 6.07) is 17.8. The van der Waals surface area contributed by atoms with E-state index in [1.165, 1.54) is 19.2 Å². The minimum atomic E-state index is -0.536. The van der Waals surface area contributed by atoms with E-state index in [1.54, 1.807) is 32.2 Å². The Morgan fingerprint density at radius 2 is 1.70 bits per heavy atom. The van der Waals surface area contributed by atoms with Crippen molar-refractivity contribution in [2.75, 3.05) is 20.8 Å². The van der Waals surface area contributed by atoms with Gasteiger partial charge in [0.15, 0.2) is 23.1 Å². The van der Waals surface area contributed by atoms with Gasteiger partial charge in [-0.25, -0.2) is 9.18 Å². The number of hydrogen-bond acceptors (Lipinski definition) is 5. The third-order valence-electron chi connectivity index (χ3n) is 5.24. The van der Waals surface area contributed by atoms with Gasteiger partial charge in [0, 0.05) is 17.0 Å². The summed E-state index contributed by atoms with van der Waals surface area (Å²) in [5, 5.41) is 0.673. The van der Waals surface area contributed by atoms with Crippen LogP contribution < -0.4 is 14.2 Å². The first-order chi connectivity index (χ1) is 16.0. The van der Waals surface area contributed by atoms with Crippen LogP contribution in [0.4, 0.5) is 4.39 Å². The highest BCUT2D eigenvalue weighted by molar-refractivity contribution is 6.08. The van der Waals surface area contributed by atoms with E-state index in [9.17, 15) is 9.18 Å². The number of aromatic nitrogens is 1. The van der Waals surface area contributed by atoms with Crippen molar-refractivity contribution in [3.63, 3.8) is 0 Å². The molecule has 170 valence electrons. The lowest BCUT2D eigenvalue weighted by Crippen LogP contribution is -2.06. The number of carbonyl (C=O) groups is 1. The largest absolute Gasteiger partial charge is 0.494 e. The maximum Gasteiger partial charge on any atom is 0.355 e. The van der Waals surface area contributed by atoms with Gasteiger partial charge < -0.3 is 23.9 Å². The average molecular weight is 449 g/mol. The molecule has 0 saturated carbocycles. The number of esters is 1. The lowest BCUT2D eigenvalue weighted by atomic mass is 10.0. The van der Waals surface area contributed by atoms with E-state index in [0.717, 1.165) is 5.56 Å². The van der Waals surface area contributed by atoms with E-state index in [0.29, 0.717) is 40.1 Å². The van der Waals surface area contributed by atoms with Gasteiger partial charge in [-0.1, -0.05) is 36.4 Å². The summed E-state index contributed by atoms with van der Waals surface area (Å²) in [7, 11) is 2.94. The van der Waals surface area contributed by atoms with Gasteiger partial charge in [-0.3, -0.25) is 0 Å². The second-order valence-corrected chi connectivity index (χ2v) is 7.27. The molecule has 0 spiro atoms. The van der Waals surface area contributed by atoms with Gasteiger partial charge in [0.25, 0.3) is 0 Å². The molecule has 4 aromatic rings. The standard InChI is InChI=1S/C26H24FNO5/c1-4-32-26(29)25-24(17-10-11-21(30-2)19(27)12-17)18-13-22(31-3)23(14-20(18)28-25)33-15-16-8-6-5-7-9-16/h5-14,28H,4,15H2,1-3H3. The molecule has 0 aliphatic rings. The second-order valence-electron chi connectivity index (χ2n) is 7.27. The number of methoxy groups -OCH3 is 2. The number of rotatable bonds is 8. The van der Waals surface area contributed by atoms with Crippen molar-refractivity contribution in [3.05, 3.63) is 77.7 Å². The monoisotopic (exact) mass is 449 g/mol. The van der Waals surface area contributed by atoms with Crippen molar-refractivity contribution in [2.45, 2.75) is 13.5 Å². The number of H-pyrrole nitrogens is 1. The molecule has 6 nitrogen and oxygen atoms in total. The van der Waals surface area contributed by atoms with Gasteiger partial charge in [-0.15, -0.1) is 0 Å². The normalized spacial score (nSPS) is 10.8. The van der Waals surface area contributed by atoms with Gasteiger partial charge in [-0.05, 0) is 36.2 Å². The number of nitrogens with one attached hydrogen (secondary N) is 1. The lowest BCUT2D eigenvalue weighted by molar-refractivity contribution is 0.0521. The predicted molar refractivity (Wildman–Crippen MR) is 124 cm³/mol. The number of carbonyl (C=O) groups excluding carboxylic acids is 1. The lowest BCUT2D eigenvalue weighted by Gasteiger charge is -2.12. The maximum absolute atomic E-state index is 14.5. The van der Waals surface area contributed by atoms with E-state index >= 15 is 0 Å². The zero-order valence-electron chi connectivity index (χ0n) is 18.6. The van der Waals surface area contributed by atoms with Crippen LogP contribution in [-0.2, 0) is 11.3 Å². The Morgan fingerprint density at radius 1 is 0.939 bits per heavy atom. The molecule has 0 radical (unpaired) electrons. The molecule has 0 atom stereocenters. The highest BCUT2D eigenvalue weighted by Gasteiger charge is 2.23. The Labute approximate surface area is 190 Å². The van der Waals surface area contributed by atoms with E-state index < -0.39 is 11.8 Å². The number of hydrogen-bond donors (Lipinski definition) is 1. The molecule has 1 N–H and O–H groups in total. The SMILES string of the molecule is CCOC(=O)c1[nH]c2cc(OCc3ccccc3)c(OC)cc2c1-c1ccc(OC)c(F)c1. The van der Waals surface area contributed by atoms with Crippen LogP contribution in [0.1, 0.15) is 23.0 Å². The predicted octanol–water partition coefficient (Wildman–Crippen LogP) is 5.75. The van der Waals surface area contributed by atoms with Crippen LogP contribution in [0.5, 0.6) is 17.2 Å². The quantitative estimate of drug-likeness (QED) is 0.347. The molecule has 3 aromatic carbocycles. The van der Waals surface area contributed by atoms with Gasteiger partial charge >= 0.3 is 5.97 Å². The van der Waals surface area contributed by atoms with Crippen LogP contribution in [0, 0.1) is 5.82 Å². The maximum atomic E-state index is 14.5. The fraction of sp³-hybridized carbons (Fsp3) is 0.192. The molecular weight excluding hydrogens is 425 g/mol. The number of benzene rings is 3. The van der Waals surface area contributed by atoms with Crippen molar-refractivity contribution >= 4 is 16.9 Å². The molecule has 1 heterocycles. The summed E-state index contributed by atoms with van der Waals surface area (Å²) >= 11 is 0. The first-order valence-electron chi connectivity index (χ1n) is 10.5. The summed E-state index contributed by atoms with van der Waals surface area (Å²) in [5.74, 6) is 0.0473. The Hall–Kier alpha value is -4.00. The highest BCUT2D eigenvalue weighted by Crippen LogP contribution is 2.40. The van der Waals surface area contributed by atoms with E-state index in [4.69, 9.17) is 18.9 Å². The van der Waals surface area contributed by atoms with Crippen LogP contribution in [-0.4, -0.2) is 31.8 Å². The molecule has 33 heavy (non-hydrogen) atoms. The molecule has 0 aliphatic heterocycles. The van der Waals surface area contributed by atoms with Crippen molar-refractivity contribution in [1.82, 2.24) is 4.98 Å². The molecule has 7 heteroatoms. The fourth-order valence-electron chi connectivity index (χ4n) is 3.69. The average Bonchev–Trinajstić information content (AvgIpc) is 3.21. The van der Waals surface area contributed by atoms with E-state index in [2.05, 4.69) is 4.98 Å². The Kier molecular flexibility index (Phi) is 6.49. The van der Waals surface area contributed by atoms with Gasteiger partial charge in [0.05, 0.1) is 26.3 Å². The summed E-state index contributed by atoms with van der Waals surface area (Å²) in [6.07, 6.45) is 0. The van der Waals surface area contributed by atoms with Gasteiger partial charge in [-0.2, -0.15) is 0 Å². The Balaban J connectivity index is 1.83. The van der Waals surface area contributed by atoms with Crippen molar-refractivity contribution in [1.29, 1.82) is 0 Å². The van der Waals surface area contributed by atoms with E-state index in [1.807, 2.05) is 30.3 Å². The zero-order valence-corrected chi connectivity index (χ0v) is 18.6. The zero-order chi connectivity index (χ0) is 23.4. The van der Waals surface area contributed by atoms with Crippen LogP contribution >= 0.6 is 0 Å². The molecule has 1 aromatic heterocycles. The number of fused-ring (bicyclic) bond motifs is 1. The first kappa shape index (κ1) is 22.2. The van der Waals surface area contributed by atoms with Gasteiger partial charge in [0.1, 0.15) is 12.3 Å². The van der Waals surface area contributed by atoms with Gasteiger partial charge in [0.2, 0.25) is 0 Å². The van der Waals surface area contributed by atoms with Crippen molar-refractivity contribution < 1.29 is 28.1 Å². The Morgan fingerprint density at radius 3 is 2.36 bits per heavy atom. The van der Waals surface area contributed by atoms with E-state index in [-0.39, 0.29) is 18.1 Å². The number of aromatic amines is 1. The summed E-state index contributed by atoms with van der Waals surface area (Å²) < 4.78 is 36.3. The Bertz CT molecular complexity index is 1280. The molecule has 0 unspecified atom stereocenters. The molecular formula is C26H24FNO5. The molecule has 0 amide bonds.